The fraction of sp³-hybridized carbons (Fsp3) is 0.167. The third-order valence-electron chi connectivity index (χ3n) is 3.53. The molecule has 0 atom stereocenters. The lowest BCUT2D eigenvalue weighted by Crippen LogP contribution is -2.15. The SMILES string of the molecule is Cc1ccc(-c2nnco2)cc1NC(=O)CSCc1ccc(Cl)cc1. The summed E-state index contributed by atoms with van der Waals surface area (Å²) >= 11 is 7.42. The number of aromatic nitrogens is 2. The average Bonchev–Trinajstić information content (AvgIpc) is 3.13. The molecule has 128 valence electrons. The summed E-state index contributed by atoms with van der Waals surface area (Å²) in [5.74, 6) is 1.50. The van der Waals surface area contributed by atoms with Gasteiger partial charge in [0, 0.05) is 22.0 Å². The number of nitrogens with zero attached hydrogens (tertiary/aromatic N) is 2. The van der Waals surface area contributed by atoms with Gasteiger partial charge in [0.1, 0.15) is 0 Å². The number of nitrogens with one attached hydrogen (secondary N) is 1. The Kier molecular flexibility index (Phi) is 5.73. The zero-order valence-corrected chi connectivity index (χ0v) is 15.1. The van der Waals surface area contributed by atoms with E-state index < -0.39 is 0 Å². The number of halogens is 1. The van der Waals surface area contributed by atoms with Crippen molar-refractivity contribution in [3.8, 4) is 11.5 Å². The van der Waals surface area contributed by atoms with Crippen LogP contribution in [-0.2, 0) is 10.5 Å². The Hall–Kier alpha value is -2.31. The van der Waals surface area contributed by atoms with E-state index >= 15 is 0 Å². The van der Waals surface area contributed by atoms with Crippen LogP contribution in [0, 0.1) is 6.92 Å². The smallest absolute Gasteiger partial charge is 0.247 e. The van der Waals surface area contributed by atoms with Gasteiger partial charge in [-0.25, -0.2) is 0 Å². The van der Waals surface area contributed by atoms with Crippen LogP contribution in [0.25, 0.3) is 11.5 Å². The molecule has 3 aromatic rings. The van der Waals surface area contributed by atoms with Crippen LogP contribution in [0.4, 0.5) is 5.69 Å². The third kappa shape index (κ3) is 4.84. The number of rotatable bonds is 6. The van der Waals surface area contributed by atoms with Crippen molar-refractivity contribution in [2.75, 3.05) is 11.1 Å². The number of hydrogen-bond acceptors (Lipinski definition) is 5. The van der Waals surface area contributed by atoms with Crippen LogP contribution >= 0.6 is 23.4 Å². The van der Waals surface area contributed by atoms with Crippen LogP contribution < -0.4 is 5.32 Å². The quantitative estimate of drug-likeness (QED) is 0.685. The van der Waals surface area contributed by atoms with Gasteiger partial charge in [-0.1, -0.05) is 29.8 Å². The van der Waals surface area contributed by atoms with Crippen LogP contribution in [0.15, 0.2) is 53.3 Å². The molecule has 0 radical (unpaired) electrons. The van der Waals surface area contributed by atoms with Crippen molar-refractivity contribution in [1.29, 1.82) is 0 Å². The minimum Gasteiger partial charge on any atom is -0.423 e. The summed E-state index contributed by atoms with van der Waals surface area (Å²) in [7, 11) is 0. The maximum atomic E-state index is 12.2. The van der Waals surface area contributed by atoms with Gasteiger partial charge in [0.05, 0.1) is 5.75 Å². The summed E-state index contributed by atoms with van der Waals surface area (Å²) in [6.07, 6.45) is 1.28. The molecule has 7 heteroatoms. The second kappa shape index (κ2) is 8.18. The molecule has 0 aliphatic heterocycles. The van der Waals surface area contributed by atoms with Crippen molar-refractivity contribution in [3.63, 3.8) is 0 Å². The Morgan fingerprint density at radius 2 is 2.04 bits per heavy atom. The van der Waals surface area contributed by atoms with E-state index in [4.69, 9.17) is 16.0 Å². The molecule has 1 N–H and O–H groups in total. The molecule has 3 rings (SSSR count). The number of carbonyl (C=O) groups is 1. The Bertz CT molecular complexity index is 851. The van der Waals surface area contributed by atoms with E-state index in [-0.39, 0.29) is 5.91 Å². The number of thioether (sulfide) groups is 1. The molecule has 0 spiro atoms. The molecule has 0 fully saturated rings. The number of carbonyl (C=O) groups excluding carboxylic acids is 1. The molecule has 0 aliphatic rings. The molecule has 1 aromatic heterocycles. The minimum atomic E-state index is -0.0512. The highest BCUT2D eigenvalue weighted by molar-refractivity contribution is 7.99. The molecule has 0 saturated heterocycles. The van der Waals surface area contributed by atoms with E-state index in [9.17, 15) is 4.79 Å². The van der Waals surface area contributed by atoms with Crippen LogP contribution in [0.2, 0.25) is 5.02 Å². The lowest BCUT2D eigenvalue weighted by molar-refractivity contribution is -0.113. The van der Waals surface area contributed by atoms with Gasteiger partial charge in [0.2, 0.25) is 18.2 Å². The highest BCUT2D eigenvalue weighted by Crippen LogP contribution is 2.24. The predicted molar refractivity (Wildman–Crippen MR) is 101 cm³/mol. The first-order valence-electron chi connectivity index (χ1n) is 7.61. The van der Waals surface area contributed by atoms with Gasteiger partial charge in [-0.2, -0.15) is 0 Å². The molecule has 2 aromatic carbocycles. The highest BCUT2D eigenvalue weighted by atomic mass is 35.5. The number of amides is 1. The Labute approximate surface area is 154 Å². The first-order valence-corrected chi connectivity index (χ1v) is 9.14. The fourth-order valence-electron chi connectivity index (χ4n) is 2.22. The number of anilines is 1. The van der Waals surface area contributed by atoms with Crippen molar-refractivity contribution < 1.29 is 9.21 Å². The lowest BCUT2D eigenvalue weighted by Gasteiger charge is -2.09. The fourth-order valence-corrected chi connectivity index (χ4v) is 3.13. The van der Waals surface area contributed by atoms with Gasteiger partial charge in [0.15, 0.2) is 0 Å². The van der Waals surface area contributed by atoms with Gasteiger partial charge in [-0.15, -0.1) is 22.0 Å². The monoisotopic (exact) mass is 373 g/mol. The first kappa shape index (κ1) is 17.5. The van der Waals surface area contributed by atoms with E-state index in [2.05, 4.69) is 15.5 Å². The summed E-state index contributed by atoms with van der Waals surface area (Å²) in [6.45, 7) is 1.94. The van der Waals surface area contributed by atoms with Crippen molar-refractivity contribution in [3.05, 3.63) is 65.0 Å². The van der Waals surface area contributed by atoms with Crippen LogP contribution in [0.3, 0.4) is 0 Å². The van der Waals surface area contributed by atoms with Crippen LogP contribution in [0.1, 0.15) is 11.1 Å². The van der Waals surface area contributed by atoms with Gasteiger partial charge in [-0.05, 0) is 42.3 Å². The summed E-state index contributed by atoms with van der Waals surface area (Å²) in [5, 5.41) is 11.2. The summed E-state index contributed by atoms with van der Waals surface area (Å²) in [4.78, 5) is 12.2. The summed E-state index contributed by atoms with van der Waals surface area (Å²) < 4.78 is 5.19. The van der Waals surface area contributed by atoms with Gasteiger partial charge >= 0.3 is 0 Å². The van der Waals surface area contributed by atoms with E-state index in [1.165, 1.54) is 6.39 Å². The molecule has 25 heavy (non-hydrogen) atoms. The Morgan fingerprint density at radius 3 is 2.76 bits per heavy atom. The second-order valence-corrected chi connectivity index (χ2v) is 6.86. The van der Waals surface area contributed by atoms with Gasteiger partial charge in [0.25, 0.3) is 0 Å². The Morgan fingerprint density at radius 1 is 1.24 bits per heavy atom. The molecule has 1 heterocycles. The summed E-state index contributed by atoms with van der Waals surface area (Å²) in [6, 6.07) is 13.3. The number of hydrogen-bond donors (Lipinski definition) is 1. The molecule has 0 unspecified atom stereocenters. The first-order chi connectivity index (χ1) is 12.1. The molecule has 0 aliphatic carbocycles. The minimum absolute atomic E-state index is 0.0512. The molecule has 1 amide bonds. The molecular weight excluding hydrogens is 358 g/mol. The van der Waals surface area contributed by atoms with Gasteiger partial charge < -0.3 is 9.73 Å². The normalized spacial score (nSPS) is 10.6. The zero-order chi connectivity index (χ0) is 17.6. The highest BCUT2D eigenvalue weighted by Gasteiger charge is 2.09. The largest absolute Gasteiger partial charge is 0.423 e. The zero-order valence-electron chi connectivity index (χ0n) is 13.5. The number of benzene rings is 2. The van der Waals surface area contributed by atoms with Crippen LogP contribution in [0.5, 0.6) is 0 Å². The molecular formula is C18H16ClN3O2S. The lowest BCUT2D eigenvalue weighted by atomic mass is 10.1. The maximum absolute atomic E-state index is 12.2. The topological polar surface area (TPSA) is 68.0 Å². The standard InChI is InChI=1S/C18H16ClN3O2S/c1-12-2-5-14(18-22-20-11-24-18)8-16(12)21-17(23)10-25-9-13-3-6-15(19)7-4-13/h2-8,11H,9-10H2,1H3,(H,21,23). The maximum Gasteiger partial charge on any atom is 0.247 e. The van der Waals surface area contributed by atoms with Gasteiger partial charge in [-0.3, -0.25) is 4.79 Å². The van der Waals surface area contributed by atoms with Crippen molar-refractivity contribution >= 4 is 35.0 Å². The van der Waals surface area contributed by atoms with E-state index in [1.54, 1.807) is 11.8 Å². The summed E-state index contributed by atoms with van der Waals surface area (Å²) in [5.41, 5.74) is 3.62. The molecule has 0 saturated carbocycles. The predicted octanol–water partition coefficient (Wildman–Crippen LogP) is 4.57. The molecule has 5 nitrogen and oxygen atoms in total. The van der Waals surface area contributed by atoms with Crippen molar-refractivity contribution in [2.45, 2.75) is 12.7 Å². The van der Waals surface area contributed by atoms with Crippen molar-refractivity contribution in [1.82, 2.24) is 10.2 Å². The van der Waals surface area contributed by atoms with E-state index in [1.807, 2.05) is 49.4 Å². The molecule has 0 bridgehead atoms. The number of aryl methyl sites for hydroxylation is 1. The second-order valence-electron chi connectivity index (χ2n) is 5.44. The third-order valence-corrected chi connectivity index (χ3v) is 4.79. The van der Waals surface area contributed by atoms with E-state index in [0.717, 1.165) is 28.1 Å². The average molecular weight is 374 g/mol. The van der Waals surface area contributed by atoms with E-state index in [0.29, 0.717) is 16.7 Å². The Balaban J connectivity index is 1.57. The van der Waals surface area contributed by atoms with Crippen LogP contribution in [-0.4, -0.2) is 21.9 Å². The van der Waals surface area contributed by atoms with Crippen molar-refractivity contribution in [2.24, 2.45) is 0 Å².